The molecule has 2 heterocycles. The third-order valence-corrected chi connectivity index (χ3v) is 6.46. The Morgan fingerprint density at radius 3 is 2.68 bits per heavy atom. The van der Waals surface area contributed by atoms with E-state index in [1.54, 1.807) is 11.5 Å². The van der Waals surface area contributed by atoms with E-state index in [1.807, 2.05) is 13.8 Å². The van der Waals surface area contributed by atoms with Crippen molar-refractivity contribution in [1.29, 1.82) is 0 Å². The Labute approximate surface area is 169 Å². The summed E-state index contributed by atoms with van der Waals surface area (Å²) in [5.41, 5.74) is 4.89. The molecule has 4 nitrogen and oxygen atoms in total. The van der Waals surface area contributed by atoms with Gasteiger partial charge in [0, 0.05) is 29.8 Å². The van der Waals surface area contributed by atoms with Crippen LogP contribution in [-0.2, 0) is 24.2 Å². The maximum absolute atomic E-state index is 13.4. The predicted octanol–water partition coefficient (Wildman–Crippen LogP) is 5.11. The number of ketones is 1. The molecule has 5 heteroatoms. The smallest absolute Gasteiger partial charge is 0.262 e. The molecule has 2 aromatic heterocycles. The molecule has 4 rings (SSSR count). The number of carbonyl (C=O) groups is 1. The fraction of sp³-hybridized carbons (Fsp3) is 0.435. The topological polar surface area (TPSA) is 52.0 Å². The average Bonchev–Trinajstić information content (AvgIpc) is 3.10. The Balaban J connectivity index is 1.88. The van der Waals surface area contributed by atoms with Gasteiger partial charge in [0.25, 0.3) is 5.56 Å². The van der Waals surface area contributed by atoms with Gasteiger partial charge in [0.05, 0.1) is 5.39 Å². The summed E-state index contributed by atoms with van der Waals surface area (Å²) in [6.45, 7) is 6.03. The quantitative estimate of drug-likeness (QED) is 0.604. The van der Waals surface area contributed by atoms with Crippen LogP contribution in [0.15, 0.2) is 28.4 Å². The number of aryl methyl sites for hydroxylation is 2. The summed E-state index contributed by atoms with van der Waals surface area (Å²) in [5, 5.41) is 2.75. The van der Waals surface area contributed by atoms with E-state index in [0.29, 0.717) is 18.4 Å². The van der Waals surface area contributed by atoms with E-state index in [9.17, 15) is 9.59 Å². The van der Waals surface area contributed by atoms with Crippen LogP contribution in [0.5, 0.6) is 0 Å². The molecule has 1 aliphatic carbocycles. The Hall–Kier alpha value is -2.27. The third kappa shape index (κ3) is 3.44. The van der Waals surface area contributed by atoms with Gasteiger partial charge >= 0.3 is 0 Å². The second kappa shape index (κ2) is 7.63. The van der Waals surface area contributed by atoms with Crippen LogP contribution in [0.1, 0.15) is 62.9 Å². The Bertz CT molecular complexity index is 1110. The molecule has 0 spiro atoms. The van der Waals surface area contributed by atoms with E-state index < -0.39 is 0 Å². The Kier molecular flexibility index (Phi) is 5.19. The molecule has 0 N–H and O–H groups in total. The predicted molar refractivity (Wildman–Crippen MR) is 115 cm³/mol. The summed E-state index contributed by atoms with van der Waals surface area (Å²) in [6.07, 6.45) is 5.11. The van der Waals surface area contributed by atoms with Crippen LogP contribution in [0.4, 0.5) is 0 Å². The van der Waals surface area contributed by atoms with Gasteiger partial charge in [0.15, 0.2) is 0 Å². The molecule has 0 atom stereocenters. The van der Waals surface area contributed by atoms with Crippen LogP contribution in [0.25, 0.3) is 21.3 Å². The van der Waals surface area contributed by atoms with E-state index in [1.165, 1.54) is 35.3 Å². The van der Waals surface area contributed by atoms with Crippen molar-refractivity contribution in [3.8, 4) is 11.1 Å². The van der Waals surface area contributed by atoms with E-state index in [-0.39, 0.29) is 17.3 Å². The van der Waals surface area contributed by atoms with Gasteiger partial charge in [-0.3, -0.25) is 14.2 Å². The van der Waals surface area contributed by atoms with Crippen LogP contribution in [-0.4, -0.2) is 15.3 Å². The van der Waals surface area contributed by atoms with E-state index in [4.69, 9.17) is 4.98 Å². The minimum atomic E-state index is -0.0241. The fourth-order valence-electron chi connectivity index (χ4n) is 4.08. The first-order chi connectivity index (χ1) is 13.5. The number of hydrogen-bond acceptors (Lipinski definition) is 4. The van der Waals surface area contributed by atoms with E-state index >= 15 is 0 Å². The molecule has 0 amide bonds. The van der Waals surface area contributed by atoms with Crippen molar-refractivity contribution in [2.45, 2.75) is 65.3 Å². The molecule has 0 saturated carbocycles. The first kappa shape index (κ1) is 19.1. The molecule has 146 valence electrons. The Morgan fingerprint density at radius 1 is 1.21 bits per heavy atom. The third-order valence-electron chi connectivity index (χ3n) is 5.59. The van der Waals surface area contributed by atoms with Gasteiger partial charge in [-0.1, -0.05) is 32.0 Å². The second-order valence-corrected chi connectivity index (χ2v) is 8.91. The van der Waals surface area contributed by atoms with Crippen LogP contribution in [0.3, 0.4) is 0 Å². The van der Waals surface area contributed by atoms with Crippen LogP contribution in [0.2, 0.25) is 0 Å². The van der Waals surface area contributed by atoms with Gasteiger partial charge in [-0.15, -0.1) is 11.3 Å². The van der Waals surface area contributed by atoms with Crippen molar-refractivity contribution in [3.63, 3.8) is 0 Å². The number of hydrogen-bond donors (Lipinski definition) is 0. The first-order valence-corrected chi connectivity index (χ1v) is 11.0. The zero-order valence-corrected chi connectivity index (χ0v) is 17.6. The highest BCUT2D eigenvalue weighted by Crippen LogP contribution is 2.34. The minimum absolute atomic E-state index is 0.0241. The SMILES string of the molecule is CC(=O)CCn1c(C(C)C)nc2scc(-c3ccc4c(c3)CCCC4)c2c1=O. The first-order valence-electron chi connectivity index (χ1n) is 10.1. The number of Topliss-reactive ketones (excluding diaryl/α,β-unsaturated/α-hetero) is 1. The lowest BCUT2D eigenvalue weighted by molar-refractivity contribution is -0.117. The van der Waals surface area contributed by atoms with Gasteiger partial charge in [-0.2, -0.15) is 0 Å². The number of fused-ring (bicyclic) bond motifs is 2. The highest BCUT2D eigenvalue weighted by atomic mass is 32.1. The van der Waals surface area contributed by atoms with Gasteiger partial charge in [0.2, 0.25) is 0 Å². The molecule has 1 aliphatic rings. The molecule has 0 bridgehead atoms. The van der Waals surface area contributed by atoms with Crippen molar-refractivity contribution in [2.24, 2.45) is 0 Å². The standard InChI is InChI=1S/C23H26N2O2S/c1-14(2)21-24-22-20(23(27)25(21)11-10-15(3)26)19(13-28-22)18-9-8-16-6-4-5-7-17(16)12-18/h8-9,12-14H,4-7,10-11H2,1-3H3. The summed E-state index contributed by atoms with van der Waals surface area (Å²) in [6, 6.07) is 6.62. The zero-order chi connectivity index (χ0) is 19.8. The zero-order valence-electron chi connectivity index (χ0n) is 16.7. The summed E-state index contributed by atoms with van der Waals surface area (Å²) in [7, 11) is 0. The number of rotatable bonds is 5. The maximum Gasteiger partial charge on any atom is 0.262 e. The van der Waals surface area contributed by atoms with Gasteiger partial charge in [-0.25, -0.2) is 4.98 Å². The molecular formula is C23H26N2O2S. The fourth-order valence-corrected chi connectivity index (χ4v) is 5.02. The number of benzene rings is 1. The molecule has 0 radical (unpaired) electrons. The highest BCUT2D eigenvalue weighted by molar-refractivity contribution is 7.17. The number of thiophene rings is 1. The molecule has 28 heavy (non-hydrogen) atoms. The number of carbonyl (C=O) groups excluding carboxylic acids is 1. The van der Waals surface area contributed by atoms with E-state index in [0.717, 1.165) is 34.6 Å². The molecular weight excluding hydrogens is 368 g/mol. The number of nitrogens with zero attached hydrogens (tertiary/aromatic N) is 2. The monoisotopic (exact) mass is 394 g/mol. The van der Waals surface area contributed by atoms with Crippen molar-refractivity contribution >= 4 is 27.3 Å². The van der Waals surface area contributed by atoms with Crippen molar-refractivity contribution in [2.75, 3.05) is 0 Å². The molecule has 1 aromatic carbocycles. The normalized spacial score (nSPS) is 13.9. The second-order valence-electron chi connectivity index (χ2n) is 8.05. The van der Waals surface area contributed by atoms with Gasteiger partial charge < -0.3 is 0 Å². The molecule has 0 fully saturated rings. The summed E-state index contributed by atoms with van der Waals surface area (Å²) >= 11 is 1.53. The van der Waals surface area contributed by atoms with Gasteiger partial charge in [-0.05, 0) is 49.3 Å². The summed E-state index contributed by atoms with van der Waals surface area (Å²) < 4.78 is 1.71. The minimum Gasteiger partial charge on any atom is -0.300 e. The van der Waals surface area contributed by atoms with Crippen molar-refractivity contribution < 1.29 is 4.79 Å². The highest BCUT2D eigenvalue weighted by Gasteiger charge is 2.20. The van der Waals surface area contributed by atoms with Gasteiger partial charge in [0.1, 0.15) is 16.4 Å². The average molecular weight is 395 g/mol. The molecule has 0 aliphatic heterocycles. The van der Waals surface area contributed by atoms with Crippen molar-refractivity contribution in [1.82, 2.24) is 9.55 Å². The molecule has 0 saturated heterocycles. The van der Waals surface area contributed by atoms with E-state index in [2.05, 4.69) is 23.6 Å². The lowest BCUT2D eigenvalue weighted by atomic mass is 9.89. The van der Waals surface area contributed by atoms with Crippen LogP contribution in [0, 0.1) is 0 Å². The van der Waals surface area contributed by atoms with Crippen LogP contribution < -0.4 is 5.56 Å². The molecule has 3 aromatic rings. The largest absolute Gasteiger partial charge is 0.300 e. The Morgan fingerprint density at radius 2 is 1.96 bits per heavy atom. The van der Waals surface area contributed by atoms with Crippen molar-refractivity contribution in [3.05, 3.63) is 50.9 Å². The molecule has 0 unspecified atom stereocenters. The maximum atomic E-state index is 13.4. The van der Waals surface area contributed by atoms with Crippen LogP contribution >= 0.6 is 11.3 Å². The lowest BCUT2D eigenvalue weighted by Crippen LogP contribution is -2.26. The number of aromatic nitrogens is 2. The lowest BCUT2D eigenvalue weighted by Gasteiger charge is -2.17. The summed E-state index contributed by atoms with van der Waals surface area (Å²) in [4.78, 5) is 30.6. The summed E-state index contributed by atoms with van der Waals surface area (Å²) in [5.74, 6) is 0.970.